The van der Waals surface area contributed by atoms with Crippen molar-refractivity contribution in [1.82, 2.24) is 9.97 Å². The molecule has 2 heteroatoms. The van der Waals surface area contributed by atoms with E-state index < -0.39 is 0 Å². The van der Waals surface area contributed by atoms with Crippen LogP contribution < -0.4 is 0 Å². The fraction of sp³-hybridized carbons (Fsp3) is 0.120. The van der Waals surface area contributed by atoms with Crippen LogP contribution in [0.4, 0.5) is 0 Å². The summed E-state index contributed by atoms with van der Waals surface area (Å²) in [6.07, 6.45) is 1.66. The van der Waals surface area contributed by atoms with Gasteiger partial charge in [0, 0.05) is 16.5 Å². The number of rotatable bonds is 2. The van der Waals surface area contributed by atoms with E-state index in [2.05, 4.69) is 84.5 Å². The second-order valence-corrected chi connectivity index (χ2v) is 7.59. The number of aromatic nitrogens is 2. The molecule has 0 fully saturated rings. The van der Waals surface area contributed by atoms with Crippen LogP contribution in [0.1, 0.15) is 25.0 Å². The Kier molecular flexibility index (Phi) is 3.48. The Hall–Kier alpha value is -3.26. The van der Waals surface area contributed by atoms with Crippen molar-refractivity contribution in [3.63, 3.8) is 0 Å². The van der Waals surface area contributed by atoms with Crippen LogP contribution in [0.15, 0.2) is 85.2 Å². The fourth-order valence-electron chi connectivity index (χ4n) is 4.15. The van der Waals surface area contributed by atoms with E-state index in [1.165, 1.54) is 22.3 Å². The van der Waals surface area contributed by atoms with Crippen molar-refractivity contribution in [2.24, 2.45) is 0 Å². The van der Waals surface area contributed by atoms with Gasteiger partial charge in [-0.15, -0.1) is 0 Å². The van der Waals surface area contributed by atoms with Crippen molar-refractivity contribution in [3.8, 4) is 33.6 Å². The molecule has 1 aliphatic rings. The summed E-state index contributed by atoms with van der Waals surface area (Å²) < 4.78 is 0. The first-order valence-corrected chi connectivity index (χ1v) is 9.27. The standard InChI is InChI=1S/C25H20N2/c1-25(2)21-11-7-6-10-19(21)20-13-12-18(14-22(20)25)24-15-23(26-16-27-24)17-8-4-3-5-9-17/h3-16H,1-2H3. The highest BCUT2D eigenvalue weighted by Crippen LogP contribution is 2.49. The fourth-order valence-corrected chi connectivity index (χ4v) is 4.15. The second-order valence-electron chi connectivity index (χ2n) is 7.59. The third-order valence-electron chi connectivity index (χ3n) is 5.62. The molecule has 4 aromatic rings. The Morgan fingerprint density at radius 1 is 0.593 bits per heavy atom. The van der Waals surface area contributed by atoms with Crippen molar-refractivity contribution >= 4 is 0 Å². The zero-order chi connectivity index (χ0) is 18.4. The van der Waals surface area contributed by atoms with Crippen molar-refractivity contribution < 1.29 is 0 Å². The van der Waals surface area contributed by atoms with Crippen LogP contribution in [0.2, 0.25) is 0 Å². The smallest absolute Gasteiger partial charge is 0.116 e. The molecule has 0 amide bonds. The number of fused-ring (bicyclic) bond motifs is 3. The topological polar surface area (TPSA) is 25.8 Å². The number of hydrogen-bond donors (Lipinski definition) is 0. The van der Waals surface area contributed by atoms with Crippen LogP contribution in [-0.4, -0.2) is 9.97 Å². The summed E-state index contributed by atoms with van der Waals surface area (Å²) in [6.45, 7) is 4.60. The average Bonchev–Trinajstić information content (AvgIpc) is 2.96. The third kappa shape index (κ3) is 2.48. The third-order valence-corrected chi connectivity index (χ3v) is 5.62. The highest BCUT2D eigenvalue weighted by molar-refractivity contribution is 5.83. The maximum atomic E-state index is 4.55. The van der Waals surface area contributed by atoms with Gasteiger partial charge >= 0.3 is 0 Å². The maximum Gasteiger partial charge on any atom is 0.116 e. The minimum atomic E-state index is -0.00275. The van der Waals surface area contributed by atoms with Gasteiger partial charge in [-0.25, -0.2) is 9.97 Å². The summed E-state index contributed by atoms with van der Waals surface area (Å²) in [5, 5.41) is 0. The van der Waals surface area contributed by atoms with Crippen molar-refractivity contribution in [2.75, 3.05) is 0 Å². The Bertz CT molecular complexity index is 1140. The van der Waals surface area contributed by atoms with Crippen LogP contribution in [0.5, 0.6) is 0 Å². The zero-order valence-corrected chi connectivity index (χ0v) is 15.5. The summed E-state index contributed by atoms with van der Waals surface area (Å²) in [6, 6.07) is 27.7. The first kappa shape index (κ1) is 16.0. The van der Waals surface area contributed by atoms with Gasteiger partial charge in [0.05, 0.1) is 11.4 Å². The van der Waals surface area contributed by atoms with Crippen molar-refractivity contribution in [2.45, 2.75) is 19.3 Å². The summed E-state index contributed by atoms with van der Waals surface area (Å²) >= 11 is 0. The molecule has 0 bridgehead atoms. The molecule has 0 radical (unpaired) electrons. The van der Waals surface area contributed by atoms with Gasteiger partial charge < -0.3 is 0 Å². The van der Waals surface area contributed by atoms with Gasteiger partial charge in [-0.2, -0.15) is 0 Å². The Morgan fingerprint density at radius 2 is 1.26 bits per heavy atom. The van der Waals surface area contributed by atoms with E-state index >= 15 is 0 Å². The predicted octanol–water partition coefficient (Wildman–Crippen LogP) is 6.12. The van der Waals surface area contributed by atoms with Crippen LogP contribution in [0, 0.1) is 0 Å². The second kappa shape index (κ2) is 5.88. The largest absolute Gasteiger partial charge is 0.236 e. The molecule has 5 rings (SSSR count). The highest BCUT2D eigenvalue weighted by atomic mass is 14.8. The van der Waals surface area contributed by atoms with Crippen LogP contribution in [-0.2, 0) is 5.41 Å². The molecule has 0 N–H and O–H groups in total. The first-order chi connectivity index (χ1) is 13.1. The van der Waals surface area contributed by atoms with E-state index in [1.807, 2.05) is 18.2 Å². The number of benzene rings is 3. The van der Waals surface area contributed by atoms with E-state index in [0.29, 0.717) is 0 Å². The molecule has 1 aliphatic carbocycles. The van der Waals surface area contributed by atoms with Gasteiger partial charge in [-0.1, -0.05) is 80.6 Å². The monoisotopic (exact) mass is 348 g/mol. The van der Waals surface area contributed by atoms with Crippen LogP contribution in [0.3, 0.4) is 0 Å². The van der Waals surface area contributed by atoms with Crippen molar-refractivity contribution in [3.05, 3.63) is 96.3 Å². The summed E-state index contributed by atoms with van der Waals surface area (Å²) in [4.78, 5) is 9.00. The summed E-state index contributed by atoms with van der Waals surface area (Å²) in [5.74, 6) is 0. The van der Waals surface area contributed by atoms with Crippen molar-refractivity contribution in [1.29, 1.82) is 0 Å². The molecule has 0 aliphatic heterocycles. The average molecular weight is 348 g/mol. The summed E-state index contributed by atoms with van der Waals surface area (Å²) in [5.41, 5.74) is 9.57. The minimum absolute atomic E-state index is 0.00275. The quantitative estimate of drug-likeness (QED) is 0.436. The van der Waals surface area contributed by atoms with Gasteiger partial charge in [0.1, 0.15) is 6.33 Å². The molecule has 27 heavy (non-hydrogen) atoms. The van der Waals surface area contributed by atoms with E-state index in [-0.39, 0.29) is 5.41 Å². The lowest BCUT2D eigenvalue weighted by atomic mass is 9.82. The van der Waals surface area contributed by atoms with E-state index in [0.717, 1.165) is 22.5 Å². The lowest BCUT2D eigenvalue weighted by Crippen LogP contribution is -2.14. The lowest BCUT2D eigenvalue weighted by Gasteiger charge is -2.21. The highest BCUT2D eigenvalue weighted by Gasteiger charge is 2.35. The molecule has 2 nitrogen and oxygen atoms in total. The molecular weight excluding hydrogens is 328 g/mol. The van der Waals surface area contributed by atoms with Crippen LogP contribution in [0.25, 0.3) is 33.6 Å². The predicted molar refractivity (Wildman–Crippen MR) is 110 cm³/mol. The van der Waals surface area contributed by atoms with Crippen LogP contribution >= 0.6 is 0 Å². The Morgan fingerprint density at radius 3 is 2.07 bits per heavy atom. The lowest BCUT2D eigenvalue weighted by molar-refractivity contribution is 0.660. The molecule has 1 aromatic heterocycles. The molecule has 0 unspecified atom stereocenters. The van der Waals surface area contributed by atoms with Gasteiger partial charge in [-0.3, -0.25) is 0 Å². The molecule has 130 valence electrons. The van der Waals surface area contributed by atoms with E-state index in [9.17, 15) is 0 Å². The van der Waals surface area contributed by atoms with Gasteiger partial charge in [-0.05, 0) is 34.4 Å². The molecule has 0 spiro atoms. The number of nitrogens with zero attached hydrogens (tertiary/aromatic N) is 2. The number of hydrogen-bond acceptors (Lipinski definition) is 2. The van der Waals surface area contributed by atoms with E-state index in [4.69, 9.17) is 0 Å². The minimum Gasteiger partial charge on any atom is -0.236 e. The molecule has 3 aromatic carbocycles. The Labute approximate surface area is 159 Å². The SMILES string of the molecule is CC1(C)c2ccccc2-c2ccc(-c3cc(-c4ccccc4)ncn3)cc21. The van der Waals surface area contributed by atoms with Gasteiger partial charge in [0.2, 0.25) is 0 Å². The van der Waals surface area contributed by atoms with Gasteiger partial charge in [0.25, 0.3) is 0 Å². The first-order valence-electron chi connectivity index (χ1n) is 9.27. The molecule has 0 atom stereocenters. The molecule has 0 saturated carbocycles. The zero-order valence-electron chi connectivity index (χ0n) is 15.5. The molecule has 1 heterocycles. The van der Waals surface area contributed by atoms with E-state index in [1.54, 1.807) is 6.33 Å². The molecular formula is C25H20N2. The Balaban J connectivity index is 1.63. The summed E-state index contributed by atoms with van der Waals surface area (Å²) in [7, 11) is 0. The maximum absolute atomic E-state index is 4.55. The molecule has 0 saturated heterocycles. The normalized spacial score (nSPS) is 13.9. The van der Waals surface area contributed by atoms with Gasteiger partial charge in [0.15, 0.2) is 0 Å².